The monoisotopic (exact) mass is 444 g/mol. The highest BCUT2D eigenvalue weighted by atomic mass is 35.5. The lowest BCUT2D eigenvalue weighted by atomic mass is 10.2. The van der Waals surface area contributed by atoms with E-state index in [1.807, 2.05) is 0 Å². The Morgan fingerprint density at radius 2 is 1.74 bits per heavy atom. The number of hydrogen-bond donors (Lipinski definition) is 0. The van der Waals surface area contributed by atoms with Gasteiger partial charge in [0.05, 0.1) is 25.4 Å². The Labute approximate surface area is 181 Å². The molecule has 2 aromatic carbocycles. The summed E-state index contributed by atoms with van der Waals surface area (Å²) in [5, 5.41) is 4.52. The number of aromatic nitrogens is 3. The second-order valence-electron chi connectivity index (χ2n) is 6.91. The molecule has 0 unspecified atom stereocenters. The first-order valence-corrected chi connectivity index (χ1v) is 9.94. The number of halogens is 2. The highest BCUT2D eigenvalue weighted by Gasteiger charge is 2.26. The van der Waals surface area contributed by atoms with Crippen LogP contribution in [0.25, 0.3) is 5.69 Å². The van der Waals surface area contributed by atoms with Gasteiger partial charge in [-0.3, -0.25) is 14.2 Å². The minimum atomic E-state index is -0.880. The van der Waals surface area contributed by atoms with Crippen LogP contribution in [0, 0.1) is 5.82 Å². The molecule has 0 aliphatic carbocycles. The zero-order valence-electron chi connectivity index (χ0n) is 16.3. The van der Waals surface area contributed by atoms with Gasteiger partial charge in [0.2, 0.25) is 5.69 Å². The van der Waals surface area contributed by atoms with Gasteiger partial charge in [-0.05, 0) is 30.3 Å². The Bertz CT molecular complexity index is 1230. The van der Waals surface area contributed by atoms with E-state index in [-0.39, 0.29) is 12.1 Å². The molecule has 0 spiro atoms. The van der Waals surface area contributed by atoms with Crippen LogP contribution in [0.3, 0.4) is 0 Å². The summed E-state index contributed by atoms with van der Waals surface area (Å²) in [6.45, 7) is 0.933. The molecule has 4 rings (SSSR count). The van der Waals surface area contributed by atoms with Crippen LogP contribution in [-0.2, 0) is 11.3 Å². The third-order valence-corrected chi connectivity index (χ3v) is 5.17. The Hall–Kier alpha value is -3.30. The third kappa shape index (κ3) is 4.28. The molecule has 0 radical (unpaired) electrons. The summed E-state index contributed by atoms with van der Waals surface area (Å²) in [5.74, 6) is -1.18. The summed E-state index contributed by atoms with van der Waals surface area (Å²) < 4.78 is 21.2. The van der Waals surface area contributed by atoms with Crippen LogP contribution in [-0.4, -0.2) is 51.5 Å². The topological polar surface area (TPSA) is 86.4 Å². The van der Waals surface area contributed by atoms with E-state index in [2.05, 4.69) is 5.10 Å². The van der Waals surface area contributed by atoms with Crippen LogP contribution in [0.5, 0.6) is 0 Å². The number of ether oxygens (including phenoxy) is 1. The molecule has 3 aromatic rings. The second kappa shape index (κ2) is 8.83. The van der Waals surface area contributed by atoms with Crippen LogP contribution in [0.1, 0.15) is 16.1 Å². The predicted octanol–water partition coefficient (Wildman–Crippen LogP) is 1.71. The molecule has 1 aliphatic heterocycles. The summed E-state index contributed by atoms with van der Waals surface area (Å²) in [6, 6.07) is 12.0. The molecule has 2 heterocycles. The molecule has 1 amide bonds. The number of rotatable bonds is 4. The SMILES string of the molecule is O=C(c1nn(-c2ccc(Cl)cc2)c(=O)n(Cc2ccccc2F)c1=O)N1CCOCC1. The minimum Gasteiger partial charge on any atom is -0.378 e. The summed E-state index contributed by atoms with van der Waals surface area (Å²) in [7, 11) is 0. The molecule has 31 heavy (non-hydrogen) atoms. The molecule has 1 aliphatic rings. The molecule has 0 saturated carbocycles. The third-order valence-electron chi connectivity index (χ3n) is 4.92. The van der Waals surface area contributed by atoms with Gasteiger partial charge < -0.3 is 9.64 Å². The van der Waals surface area contributed by atoms with Crippen LogP contribution in [0.4, 0.5) is 4.39 Å². The van der Waals surface area contributed by atoms with Crippen molar-refractivity contribution in [1.29, 1.82) is 0 Å². The van der Waals surface area contributed by atoms with Gasteiger partial charge in [0.15, 0.2) is 0 Å². The van der Waals surface area contributed by atoms with E-state index >= 15 is 0 Å². The number of hydrogen-bond acceptors (Lipinski definition) is 5. The van der Waals surface area contributed by atoms with Crippen molar-refractivity contribution in [3.05, 3.63) is 91.5 Å². The Morgan fingerprint density at radius 3 is 2.42 bits per heavy atom. The number of amides is 1. The maximum atomic E-state index is 14.2. The van der Waals surface area contributed by atoms with Crippen LogP contribution >= 0.6 is 11.6 Å². The quantitative estimate of drug-likeness (QED) is 0.611. The van der Waals surface area contributed by atoms with Crippen molar-refractivity contribution >= 4 is 17.5 Å². The number of benzene rings is 2. The average molecular weight is 445 g/mol. The zero-order valence-corrected chi connectivity index (χ0v) is 17.1. The first kappa shape index (κ1) is 21.0. The van der Waals surface area contributed by atoms with Gasteiger partial charge in [-0.15, -0.1) is 0 Å². The lowest BCUT2D eigenvalue weighted by molar-refractivity contribution is 0.0295. The van der Waals surface area contributed by atoms with Crippen LogP contribution in [0.2, 0.25) is 5.02 Å². The minimum absolute atomic E-state index is 0.139. The summed E-state index contributed by atoms with van der Waals surface area (Å²) in [6.07, 6.45) is 0. The zero-order chi connectivity index (χ0) is 22.0. The molecule has 1 aromatic heterocycles. The van der Waals surface area contributed by atoms with Gasteiger partial charge in [0, 0.05) is 23.7 Å². The summed E-state index contributed by atoms with van der Waals surface area (Å²) >= 11 is 5.93. The first-order valence-electron chi connectivity index (χ1n) is 9.56. The van der Waals surface area contributed by atoms with E-state index < -0.39 is 28.7 Å². The van der Waals surface area contributed by atoms with E-state index in [1.54, 1.807) is 18.2 Å². The predicted molar refractivity (Wildman–Crippen MR) is 111 cm³/mol. The fraction of sp³-hybridized carbons (Fsp3) is 0.238. The number of morpholine rings is 1. The fourth-order valence-electron chi connectivity index (χ4n) is 3.25. The van der Waals surface area contributed by atoms with E-state index in [0.717, 1.165) is 9.25 Å². The smallest absolute Gasteiger partial charge is 0.352 e. The fourth-order valence-corrected chi connectivity index (χ4v) is 3.38. The molecule has 8 nitrogen and oxygen atoms in total. The van der Waals surface area contributed by atoms with Gasteiger partial charge in [0.1, 0.15) is 5.82 Å². The van der Waals surface area contributed by atoms with E-state index in [9.17, 15) is 18.8 Å². The maximum Gasteiger partial charge on any atom is 0.352 e. The van der Waals surface area contributed by atoms with E-state index in [1.165, 1.54) is 35.2 Å². The van der Waals surface area contributed by atoms with Gasteiger partial charge in [-0.25, -0.2) is 9.18 Å². The van der Waals surface area contributed by atoms with Crippen molar-refractivity contribution in [3.63, 3.8) is 0 Å². The first-order chi connectivity index (χ1) is 15.0. The second-order valence-corrected chi connectivity index (χ2v) is 7.34. The molecule has 1 fully saturated rings. The molecule has 0 bridgehead atoms. The van der Waals surface area contributed by atoms with Crippen molar-refractivity contribution in [3.8, 4) is 5.69 Å². The Balaban J connectivity index is 1.88. The Kier molecular flexibility index (Phi) is 5.97. The van der Waals surface area contributed by atoms with Crippen molar-refractivity contribution in [2.24, 2.45) is 0 Å². The number of carbonyl (C=O) groups is 1. The molecule has 160 valence electrons. The molecule has 0 atom stereocenters. The molecular weight excluding hydrogens is 427 g/mol. The Morgan fingerprint density at radius 1 is 1.06 bits per heavy atom. The van der Waals surface area contributed by atoms with Crippen molar-refractivity contribution in [1.82, 2.24) is 19.2 Å². The van der Waals surface area contributed by atoms with E-state index in [4.69, 9.17) is 16.3 Å². The highest BCUT2D eigenvalue weighted by molar-refractivity contribution is 6.30. The highest BCUT2D eigenvalue weighted by Crippen LogP contribution is 2.12. The van der Waals surface area contributed by atoms with Crippen molar-refractivity contribution in [2.75, 3.05) is 26.3 Å². The number of carbonyl (C=O) groups excluding carboxylic acids is 1. The molecule has 10 heteroatoms. The normalized spacial score (nSPS) is 13.9. The van der Waals surface area contributed by atoms with Crippen molar-refractivity contribution < 1.29 is 13.9 Å². The molecule has 1 saturated heterocycles. The maximum absolute atomic E-state index is 14.2. The molecular formula is C21H18ClFN4O4. The summed E-state index contributed by atoms with van der Waals surface area (Å²) in [5.41, 5.74) is -1.65. The largest absolute Gasteiger partial charge is 0.378 e. The standard InChI is InChI=1S/C21H18ClFN4O4/c22-15-5-7-16(8-6-15)27-21(30)26(13-14-3-1-2-4-17(14)23)20(29)18(24-27)19(28)25-9-11-31-12-10-25/h1-8H,9-13H2. The molecule has 0 N–H and O–H groups in total. The van der Waals surface area contributed by atoms with Gasteiger partial charge >= 0.3 is 5.69 Å². The lowest BCUT2D eigenvalue weighted by Crippen LogP contribution is -2.48. The number of nitrogens with zero attached hydrogens (tertiary/aromatic N) is 4. The lowest BCUT2D eigenvalue weighted by Gasteiger charge is -2.26. The average Bonchev–Trinajstić information content (AvgIpc) is 2.79. The van der Waals surface area contributed by atoms with Crippen molar-refractivity contribution in [2.45, 2.75) is 6.54 Å². The van der Waals surface area contributed by atoms with Gasteiger partial charge in [-0.1, -0.05) is 29.8 Å². The van der Waals surface area contributed by atoms with Gasteiger partial charge in [-0.2, -0.15) is 9.78 Å². The van der Waals surface area contributed by atoms with E-state index in [0.29, 0.717) is 37.0 Å². The summed E-state index contributed by atoms with van der Waals surface area (Å²) in [4.78, 5) is 40.7. The van der Waals surface area contributed by atoms with Gasteiger partial charge in [0.25, 0.3) is 11.5 Å². The van der Waals surface area contributed by atoms with Crippen LogP contribution < -0.4 is 11.2 Å². The van der Waals surface area contributed by atoms with Crippen LogP contribution in [0.15, 0.2) is 58.1 Å².